The molecule has 0 aromatic carbocycles. The molecule has 0 aromatic heterocycles. The molecule has 4 nitrogen and oxygen atoms in total. The van der Waals surface area contributed by atoms with Crippen molar-refractivity contribution in [3.8, 4) is 0 Å². The molecule has 0 fully saturated rings. The first-order chi connectivity index (χ1) is 6.40. The zero-order valence-corrected chi connectivity index (χ0v) is 10.3. The van der Waals surface area contributed by atoms with Crippen LogP contribution in [0.15, 0.2) is 12.7 Å². The second-order valence-corrected chi connectivity index (χ2v) is 4.08. The van der Waals surface area contributed by atoms with Gasteiger partial charge in [0.15, 0.2) is 0 Å². The minimum Gasteiger partial charge on any atom is -0.328 e. The third-order valence-corrected chi connectivity index (χ3v) is 1.35. The summed E-state index contributed by atoms with van der Waals surface area (Å²) >= 11 is 0. The highest BCUT2D eigenvalue weighted by Crippen LogP contribution is 2.23. The van der Waals surface area contributed by atoms with E-state index >= 15 is 0 Å². The van der Waals surface area contributed by atoms with Crippen molar-refractivity contribution < 1.29 is 14.3 Å². The molecule has 0 aliphatic rings. The Morgan fingerprint density at radius 3 is 1.79 bits per heavy atom. The van der Waals surface area contributed by atoms with Crippen molar-refractivity contribution in [2.24, 2.45) is 0 Å². The van der Waals surface area contributed by atoms with E-state index < -0.39 is 8.60 Å². The van der Waals surface area contributed by atoms with Gasteiger partial charge in [-0.3, -0.25) is 0 Å². The maximum atomic E-state index is 8.03. The van der Waals surface area contributed by atoms with E-state index in [0.29, 0.717) is 12.1 Å². The maximum absolute atomic E-state index is 8.03. The predicted molar refractivity (Wildman–Crippen MR) is 60.9 cm³/mol. The van der Waals surface area contributed by atoms with Crippen LogP contribution in [-0.2, 0) is 4.52 Å². The molecular formula is C9H22NO3P. The first-order valence-corrected chi connectivity index (χ1v) is 5.74. The molecule has 0 rings (SSSR count). The summed E-state index contributed by atoms with van der Waals surface area (Å²) in [6, 6.07) is 1.25. The highest BCUT2D eigenvalue weighted by atomic mass is 31.2. The summed E-state index contributed by atoms with van der Waals surface area (Å²) in [7, 11) is -2.18. The highest BCUT2D eigenvalue weighted by molar-refractivity contribution is 7.39. The van der Waals surface area contributed by atoms with Crippen LogP contribution in [0.4, 0.5) is 0 Å². The van der Waals surface area contributed by atoms with E-state index in [2.05, 4.69) is 44.1 Å². The Morgan fingerprint density at radius 1 is 1.29 bits per heavy atom. The van der Waals surface area contributed by atoms with Crippen LogP contribution < -0.4 is 5.32 Å². The molecule has 0 aliphatic carbocycles. The minimum absolute atomic E-state index is 0.193. The van der Waals surface area contributed by atoms with Crippen molar-refractivity contribution in [1.29, 1.82) is 0 Å². The zero-order chi connectivity index (χ0) is 11.6. The van der Waals surface area contributed by atoms with E-state index in [1.54, 1.807) is 0 Å². The van der Waals surface area contributed by atoms with Crippen LogP contribution in [-0.4, -0.2) is 28.5 Å². The van der Waals surface area contributed by atoms with Crippen LogP contribution in [0.1, 0.15) is 27.7 Å². The molecule has 0 atom stereocenters. The van der Waals surface area contributed by atoms with Crippen LogP contribution in [0.25, 0.3) is 0 Å². The molecule has 0 saturated carbocycles. The normalized spacial score (nSPS) is 10.4. The molecule has 5 heteroatoms. The molecule has 0 unspecified atom stereocenters. The lowest BCUT2D eigenvalue weighted by Crippen LogP contribution is -2.29. The van der Waals surface area contributed by atoms with E-state index in [0.717, 1.165) is 0 Å². The summed E-state index contributed by atoms with van der Waals surface area (Å²) in [5.74, 6) is 0. The Morgan fingerprint density at radius 2 is 1.71 bits per heavy atom. The molecule has 0 aliphatic heterocycles. The predicted octanol–water partition coefficient (Wildman–Crippen LogP) is 1.79. The molecule has 0 radical (unpaired) electrons. The summed E-state index contributed by atoms with van der Waals surface area (Å²) in [6.07, 6.45) is 1.45. The molecule has 0 aromatic rings. The molecule has 0 heterocycles. The van der Waals surface area contributed by atoms with Gasteiger partial charge in [-0.25, -0.2) is 0 Å². The first kappa shape index (κ1) is 16.4. The Balaban J connectivity index is 0. The molecule has 0 spiro atoms. The average Bonchev–Trinajstić information content (AvgIpc) is 1.99. The van der Waals surface area contributed by atoms with Crippen molar-refractivity contribution in [3.05, 3.63) is 12.7 Å². The number of hydrogen-bond donors (Lipinski definition) is 3. The summed E-state index contributed by atoms with van der Waals surface area (Å²) < 4.78 is 4.25. The van der Waals surface area contributed by atoms with Gasteiger partial charge in [-0.05, 0) is 0 Å². The van der Waals surface area contributed by atoms with E-state index in [1.165, 1.54) is 6.08 Å². The Labute approximate surface area is 88.0 Å². The first-order valence-electron chi connectivity index (χ1n) is 4.57. The van der Waals surface area contributed by atoms with Gasteiger partial charge in [0.25, 0.3) is 0 Å². The number of hydrogen-bond acceptors (Lipinski definition) is 4. The van der Waals surface area contributed by atoms with Crippen LogP contribution >= 0.6 is 8.60 Å². The Bertz CT molecular complexity index is 123. The fourth-order valence-electron chi connectivity index (χ4n) is 0.786. The van der Waals surface area contributed by atoms with Crippen LogP contribution in [0, 0.1) is 0 Å². The highest BCUT2D eigenvalue weighted by Gasteiger charge is 1.92. The second-order valence-electron chi connectivity index (χ2n) is 3.31. The maximum Gasteiger partial charge on any atom is 0.327 e. The molecular weight excluding hydrogens is 201 g/mol. The fourth-order valence-corrected chi connectivity index (χ4v) is 1.02. The standard InChI is InChI=1S/C6H15N.C3H7O3P/c1-5(2)7-6(3)4;1-2-3-6-7(4)5/h5-7H,1-4H3;2,4-5H,1,3H2. The van der Waals surface area contributed by atoms with Gasteiger partial charge in [0, 0.05) is 12.1 Å². The topological polar surface area (TPSA) is 61.7 Å². The van der Waals surface area contributed by atoms with Gasteiger partial charge in [0.1, 0.15) is 0 Å². The van der Waals surface area contributed by atoms with Gasteiger partial charge in [0.05, 0.1) is 6.61 Å². The lowest BCUT2D eigenvalue weighted by atomic mass is 10.3. The van der Waals surface area contributed by atoms with Crippen molar-refractivity contribution >= 4 is 8.60 Å². The third-order valence-electron chi connectivity index (χ3n) is 0.975. The van der Waals surface area contributed by atoms with Crippen LogP contribution in [0.3, 0.4) is 0 Å². The van der Waals surface area contributed by atoms with Gasteiger partial charge in [-0.2, -0.15) is 0 Å². The van der Waals surface area contributed by atoms with Crippen molar-refractivity contribution in [1.82, 2.24) is 5.32 Å². The van der Waals surface area contributed by atoms with Crippen molar-refractivity contribution in [3.63, 3.8) is 0 Å². The molecule has 86 valence electrons. The molecule has 0 bridgehead atoms. The average molecular weight is 223 g/mol. The lowest BCUT2D eigenvalue weighted by Gasteiger charge is -2.10. The summed E-state index contributed by atoms with van der Waals surface area (Å²) in [4.78, 5) is 16.1. The largest absolute Gasteiger partial charge is 0.328 e. The van der Waals surface area contributed by atoms with Gasteiger partial charge < -0.3 is 19.6 Å². The molecule has 14 heavy (non-hydrogen) atoms. The van der Waals surface area contributed by atoms with Crippen molar-refractivity contribution in [2.75, 3.05) is 6.61 Å². The van der Waals surface area contributed by atoms with Crippen LogP contribution in [0.5, 0.6) is 0 Å². The van der Waals surface area contributed by atoms with E-state index in [4.69, 9.17) is 9.79 Å². The SMILES string of the molecule is C=CCOP(O)O.CC(C)NC(C)C. The number of rotatable bonds is 5. The zero-order valence-electron chi connectivity index (χ0n) is 9.40. The third kappa shape index (κ3) is 22.7. The fraction of sp³-hybridized carbons (Fsp3) is 0.778. The number of nitrogens with one attached hydrogen (secondary N) is 1. The van der Waals surface area contributed by atoms with E-state index in [9.17, 15) is 0 Å². The molecule has 0 saturated heterocycles. The quantitative estimate of drug-likeness (QED) is 0.491. The monoisotopic (exact) mass is 223 g/mol. The smallest absolute Gasteiger partial charge is 0.327 e. The van der Waals surface area contributed by atoms with Crippen LogP contribution in [0.2, 0.25) is 0 Å². The second kappa shape index (κ2) is 11.1. The Kier molecular flexibility index (Phi) is 13.0. The van der Waals surface area contributed by atoms with Crippen molar-refractivity contribution in [2.45, 2.75) is 39.8 Å². The molecule has 3 N–H and O–H groups in total. The van der Waals surface area contributed by atoms with E-state index in [-0.39, 0.29) is 6.61 Å². The van der Waals surface area contributed by atoms with Gasteiger partial charge in [0.2, 0.25) is 0 Å². The molecule has 0 amide bonds. The van der Waals surface area contributed by atoms with Gasteiger partial charge >= 0.3 is 8.60 Å². The summed E-state index contributed by atoms with van der Waals surface area (Å²) in [6.45, 7) is 12.1. The minimum atomic E-state index is -2.18. The summed E-state index contributed by atoms with van der Waals surface area (Å²) in [5.41, 5.74) is 0. The lowest BCUT2D eigenvalue weighted by molar-refractivity contribution is 0.282. The van der Waals surface area contributed by atoms with Gasteiger partial charge in [-0.15, -0.1) is 6.58 Å². The van der Waals surface area contributed by atoms with E-state index in [1.807, 2.05) is 0 Å². The summed E-state index contributed by atoms with van der Waals surface area (Å²) in [5, 5.41) is 3.31. The van der Waals surface area contributed by atoms with Gasteiger partial charge in [-0.1, -0.05) is 33.8 Å². The Hall–Kier alpha value is 0.0100.